The highest BCUT2D eigenvalue weighted by atomic mass is 16.4. The van der Waals surface area contributed by atoms with Crippen LogP contribution in [0, 0.1) is 5.92 Å². The molecule has 0 saturated heterocycles. The number of amides is 7. The van der Waals surface area contributed by atoms with Crippen LogP contribution >= 0.6 is 0 Å². The molecule has 2 aromatic carbocycles. The van der Waals surface area contributed by atoms with E-state index in [9.17, 15) is 43.5 Å². The predicted molar refractivity (Wildman–Crippen MR) is 254 cm³/mol. The molecule has 0 spiro atoms. The van der Waals surface area contributed by atoms with Crippen LogP contribution < -0.4 is 60.2 Å². The Morgan fingerprint density at radius 2 is 0.821 bits per heavy atom. The largest absolute Gasteiger partial charge is 0.480 e. The lowest BCUT2D eigenvalue weighted by Gasteiger charge is -2.29. The van der Waals surface area contributed by atoms with Crippen molar-refractivity contribution in [1.29, 1.82) is 0 Å². The Bertz CT molecular complexity index is 1870. The van der Waals surface area contributed by atoms with E-state index in [1.165, 1.54) is 13.8 Å². The quantitative estimate of drug-likeness (QED) is 0.0407. The van der Waals surface area contributed by atoms with Crippen LogP contribution in [0.3, 0.4) is 0 Å². The van der Waals surface area contributed by atoms with Gasteiger partial charge in [-0.1, -0.05) is 80.9 Å². The maximum absolute atomic E-state index is 14.4. The number of hydrogen-bond acceptors (Lipinski definition) is 12. The molecular weight excluding hydrogens is 863 g/mol. The number of benzene rings is 2. The molecule has 67 heavy (non-hydrogen) atoms. The molecule has 0 bridgehead atoms. The van der Waals surface area contributed by atoms with Gasteiger partial charge in [-0.15, -0.1) is 0 Å². The van der Waals surface area contributed by atoms with E-state index in [1.54, 1.807) is 56.3 Å². The molecule has 0 aliphatic carbocycles. The van der Waals surface area contributed by atoms with Gasteiger partial charge in [-0.25, -0.2) is 0 Å². The Morgan fingerprint density at radius 3 is 1.25 bits per heavy atom. The lowest BCUT2D eigenvalue weighted by Crippen LogP contribution is -2.61. The van der Waals surface area contributed by atoms with Crippen molar-refractivity contribution in [2.45, 2.75) is 147 Å². The summed E-state index contributed by atoms with van der Waals surface area (Å²) in [6.45, 7) is 7.10. The minimum atomic E-state index is -1.26. The lowest BCUT2D eigenvalue weighted by atomic mass is 9.99. The Kier molecular flexibility index (Phi) is 26.5. The molecule has 372 valence electrons. The van der Waals surface area contributed by atoms with Gasteiger partial charge < -0.3 is 65.3 Å². The number of aliphatic carboxylic acids is 1. The standard InChI is InChI=1S/C47H75N11O9/c1-29(2)39(46(65)55-35(22-12-15-25-49)42(61)52-30(3)40(59)53-31(4)47(66)67)58-43(62)36(23-13-16-26-50)54-44(63)38(28-33-19-9-6-10-20-33)57-45(64)37(27-32-17-7-5-8-18-32)56-41(60)34(51)21-11-14-24-48/h5-10,17-20,29-31,34-39H,11-16,21-28,48-51H2,1-4H3,(H,52,61)(H,53,59)(H,54,63)(H,55,65)(H,56,60)(H,57,64)(H,58,62)(H,66,67)/t30-,31-,34-,35-,36-,37-,38-,39-/m0/s1. The zero-order chi connectivity index (χ0) is 49.9. The van der Waals surface area contributed by atoms with Gasteiger partial charge in [0.15, 0.2) is 0 Å². The molecule has 0 heterocycles. The van der Waals surface area contributed by atoms with Gasteiger partial charge in [-0.2, -0.15) is 0 Å². The molecule has 20 heteroatoms. The highest BCUT2D eigenvalue weighted by Gasteiger charge is 2.34. The van der Waals surface area contributed by atoms with E-state index < -0.39 is 102 Å². The molecule has 0 unspecified atom stereocenters. The van der Waals surface area contributed by atoms with E-state index in [1.807, 2.05) is 18.2 Å². The molecule has 0 fully saturated rings. The third-order valence-electron chi connectivity index (χ3n) is 11.0. The zero-order valence-corrected chi connectivity index (χ0v) is 39.4. The van der Waals surface area contributed by atoms with E-state index in [0.717, 1.165) is 5.56 Å². The van der Waals surface area contributed by atoms with Crippen molar-refractivity contribution in [2.24, 2.45) is 28.9 Å². The average molecular weight is 938 g/mol. The number of rotatable bonds is 32. The fraction of sp³-hybridized carbons (Fsp3) is 0.574. The topological polar surface area (TPSA) is 345 Å². The van der Waals surface area contributed by atoms with Crippen LogP contribution in [-0.4, -0.2) is 120 Å². The molecule has 8 atom stereocenters. The van der Waals surface area contributed by atoms with Gasteiger partial charge in [-0.05, 0) is 102 Å². The summed E-state index contributed by atoms with van der Waals surface area (Å²) < 4.78 is 0. The number of nitrogens with one attached hydrogen (secondary N) is 7. The first-order valence-corrected chi connectivity index (χ1v) is 23.2. The second-order valence-corrected chi connectivity index (χ2v) is 17.1. The normalized spacial score (nSPS) is 14.7. The number of carboxylic acid groups (broad SMARTS) is 1. The number of carboxylic acids is 1. The van der Waals surface area contributed by atoms with Crippen LogP contribution in [0.15, 0.2) is 60.7 Å². The summed E-state index contributed by atoms with van der Waals surface area (Å²) >= 11 is 0. The molecule has 0 radical (unpaired) electrons. The lowest BCUT2D eigenvalue weighted by molar-refractivity contribution is -0.141. The highest BCUT2D eigenvalue weighted by Crippen LogP contribution is 2.12. The molecule has 0 saturated carbocycles. The smallest absolute Gasteiger partial charge is 0.325 e. The SMILES string of the molecule is CC(C)[C@H](NC(=O)[C@H](CCCCN)NC(=O)[C@H](Cc1ccccc1)NC(=O)[C@H](Cc1ccccc1)NC(=O)[C@@H](N)CCCCN)C(=O)N[C@@H](CCCCN)C(=O)N[C@@H](C)C(=O)N[C@@H](C)C(=O)O. The molecule has 2 aromatic rings. The summed E-state index contributed by atoms with van der Waals surface area (Å²) in [5, 5.41) is 27.8. The summed E-state index contributed by atoms with van der Waals surface area (Å²) in [5.41, 5.74) is 24.7. The van der Waals surface area contributed by atoms with Crippen LogP contribution in [0.2, 0.25) is 0 Å². The Morgan fingerprint density at radius 1 is 0.448 bits per heavy atom. The van der Waals surface area contributed by atoms with Crippen LogP contribution in [0.5, 0.6) is 0 Å². The predicted octanol–water partition coefficient (Wildman–Crippen LogP) is -0.640. The van der Waals surface area contributed by atoms with E-state index in [-0.39, 0.29) is 25.7 Å². The maximum atomic E-state index is 14.4. The van der Waals surface area contributed by atoms with Crippen molar-refractivity contribution < 1.29 is 43.5 Å². The van der Waals surface area contributed by atoms with Crippen molar-refractivity contribution in [3.05, 3.63) is 71.8 Å². The fourth-order valence-electron chi connectivity index (χ4n) is 6.93. The van der Waals surface area contributed by atoms with Gasteiger partial charge in [-0.3, -0.25) is 38.4 Å². The van der Waals surface area contributed by atoms with E-state index in [4.69, 9.17) is 22.9 Å². The molecule has 0 aliphatic rings. The van der Waals surface area contributed by atoms with Crippen molar-refractivity contribution >= 4 is 47.3 Å². The molecule has 0 aliphatic heterocycles. The van der Waals surface area contributed by atoms with Crippen molar-refractivity contribution in [1.82, 2.24) is 37.2 Å². The third kappa shape index (κ3) is 21.5. The fourth-order valence-corrected chi connectivity index (χ4v) is 6.93. The molecule has 0 aromatic heterocycles. The minimum absolute atomic E-state index is 0.0175. The van der Waals surface area contributed by atoms with Crippen LogP contribution in [0.25, 0.3) is 0 Å². The van der Waals surface area contributed by atoms with Gasteiger partial charge in [0, 0.05) is 12.8 Å². The number of carbonyl (C=O) groups is 8. The molecule has 16 N–H and O–H groups in total. The summed E-state index contributed by atoms with van der Waals surface area (Å²) in [6, 6.07) is 8.78. The summed E-state index contributed by atoms with van der Waals surface area (Å²) in [7, 11) is 0. The second-order valence-electron chi connectivity index (χ2n) is 17.1. The van der Waals surface area contributed by atoms with Crippen LogP contribution in [0.4, 0.5) is 0 Å². The summed E-state index contributed by atoms with van der Waals surface area (Å²) in [4.78, 5) is 107. The van der Waals surface area contributed by atoms with E-state index in [0.29, 0.717) is 70.1 Å². The number of hydrogen-bond donors (Lipinski definition) is 12. The monoisotopic (exact) mass is 938 g/mol. The van der Waals surface area contributed by atoms with Gasteiger partial charge in [0.05, 0.1) is 6.04 Å². The van der Waals surface area contributed by atoms with Gasteiger partial charge >= 0.3 is 5.97 Å². The van der Waals surface area contributed by atoms with E-state index >= 15 is 0 Å². The maximum Gasteiger partial charge on any atom is 0.325 e. The Labute approximate surface area is 394 Å². The highest BCUT2D eigenvalue weighted by molar-refractivity contribution is 5.97. The van der Waals surface area contributed by atoms with Gasteiger partial charge in [0.2, 0.25) is 41.4 Å². The third-order valence-corrected chi connectivity index (χ3v) is 11.0. The molecule has 20 nitrogen and oxygen atoms in total. The van der Waals surface area contributed by atoms with Gasteiger partial charge in [0.25, 0.3) is 0 Å². The van der Waals surface area contributed by atoms with Crippen LogP contribution in [-0.2, 0) is 51.2 Å². The first-order chi connectivity index (χ1) is 31.9. The van der Waals surface area contributed by atoms with E-state index in [2.05, 4.69) is 37.2 Å². The zero-order valence-electron chi connectivity index (χ0n) is 39.4. The van der Waals surface area contributed by atoms with Crippen molar-refractivity contribution in [3.63, 3.8) is 0 Å². The first kappa shape index (κ1) is 57.2. The molecule has 7 amide bonds. The Balaban J connectivity index is 2.40. The van der Waals surface area contributed by atoms with Crippen LogP contribution in [0.1, 0.15) is 96.6 Å². The first-order valence-electron chi connectivity index (χ1n) is 23.2. The second kappa shape index (κ2) is 31.1. The number of carbonyl (C=O) groups excluding carboxylic acids is 7. The van der Waals surface area contributed by atoms with Crippen molar-refractivity contribution in [2.75, 3.05) is 19.6 Å². The van der Waals surface area contributed by atoms with Gasteiger partial charge in [0.1, 0.15) is 42.3 Å². The summed E-state index contributed by atoms with van der Waals surface area (Å²) in [6.07, 6.45) is 3.90. The average Bonchev–Trinajstić information content (AvgIpc) is 3.29. The minimum Gasteiger partial charge on any atom is -0.480 e. The van der Waals surface area contributed by atoms with Crippen molar-refractivity contribution in [3.8, 4) is 0 Å². The number of unbranched alkanes of at least 4 members (excludes halogenated alkanes) is 3. The Hall–Kier alpha value is -5.96. The summed E-state index contributed by atoms with van der Waals surface area (Å²) in [5.74, 6) is -6.54. The number of nitrogens with two attached hydrogens (primary N) is 4. The molecule has 2 rings (SSSR count). The molecular formula is C47H75N11O9.